The lowest BCUT2D eigenvalue weighted by Crippen LogP contribution is -2.45. The lowest BCUT2D eigenvalue weighted by Gasteiger charge is -2.28. The van der Waals surface area contributed by atoms with E-state index in [2.05, 4.69) is 21.2 Å². The molecule has 0 aliphatic carbocycles. The molecule has 0 bridgehead atoms. The van der Waals surface area contributed by atoms with Crippen LogP contribution < -0.4 is 11.1 Å². The molecule has 0 saturated carbocycles. The summed E-state index contributed by atoms with van der Waals surface area (Å²) >= 11 is 3.41. The molecule has 21 heavy (non-hydrogen) atoms. The van der Waals surface area contributed by atoms with Gasteiger partial charge < -0.3 is 11.1 Å². The van der Waals surface area contributed by atoms with Gasteiger partial charge in [-0.2, -0.15) is 0 Å². The zero-order valence-corrected chi connectivity index (χ0v) is 13.7. The van der Waals surface area contributed by atoms with Gasteiger partial charge >= 0.3 is 0 Å². The van der Waals surface area contributed by atoms with Gasteiger partial charge in [0, 0.05) is 4.47 Å². The zero-order valence-electron chi connectivity index (χ0n) is 12.1. The van der Waals surface area contributed by atoms with Crippen LogP contribution in [-0.4, -0.2) is 5.91 Å². The molecule has 0 fully saturated rings. The molecule has 3 nitrogen and oxygen atoms in total. The summed E-state index contributed by atoms with van der Waals surface area (Å²) in [6, 6.07) is 16.6. The van der Waals surface area contributed by atoms with Crippen LogP contribution in [0.1, 0.15) is 31.0 Å². The highest BCUT2D eigenvalue weighted by Crippen LogP contribution is 2.23. The quantitative estimate of drug-likeness (QED) is 0.889. The first kappa shape index (κ1) is 15.7. The first-order chi connectivity index (χ1) is 9.90. The minimum Gasteiger partial charge on any atom is -0.345 e. The van der Waals surface area contributed by atoms with Crippen LogP contribution in [-0.2, 0) is 10.3 Å². The van der Waals surface area contributed by atoms with Crippen molar-refractivity contribution in [2.45, 2.75) is 25.4 Å². The van der Waals surface area contributed by atoms with E-state index in [1.165, 1.54) is 0 Å². The number of halogens is 1. The van der Waals surface area contributed by atoms with Crippen LogP contribution in [0, 0.1) is 0 Å². The first-order valence-electron chi connectivity index (χ1n) is 6.79. The molecule has 2 aromatic carbocycles. The summed E-state index contributed by atoms with van der Waals surface area (Å²) in [5.41, 5.74) is 7.38. The standard InChI is InChI=1S/C17H19BrN2O/c1-17(2,13-8-10-14(18)11-9-13)20-16(21)15(19)12-6-4-3-5-7-12/h3-11,15H,19H2,1-2H3,(H,20,21)/t15-/m0/s1. The van der Waals surface area contributed by atoms with E-state index >= 15 is 0 Å². The number of nitrogens with two attached hydrogens (primary N) is 1. The maximum atomic E-state index is 12.4. The highest BCUT2D eigenvalue weighted by atomic mass is 79.9. The third-order valence-electron chi connectivity index (χ3n) is 3.44. The summed E-state index contributed by atoms with van der Waals surface area (Å²) in [4.78, 5) is 12.4. The van der Waals surface area contributed by atoms with E-state index < -0.39 is 11.6 Å². The number of carbonyl (C=O) groups excluding carboxylic acids is 1. The fourth-order valence-corrected chi connectivity index (χ4v) is 2.40. The molecule has 110 valence electrons. The second kappa shape index (κ2) is 6.41. The van der Waals surface area contributed by atoms with Gasteiger partial charge in [-0.1, -0.05) is 58.4 Å². The third-order valence-corrected chi connectivity index (χ3v) is 3.97. The Kier molecular flexibility index (Phi) is 4.80. The number of hydrogen-bond acceptors (Lipinski definition) is 2. The van der Waals surface area contributed by atoms with Crippen molar-refractivity contribution in [1.82, 2.24) is 5.32 Å². The molecule has 0 aliphatic rings. The van der Waals surface area contributed by atoms with E-state index in [1.807, 2.05) is 68.4 Å². The predicted molar refractivity (Wildman–Crippen MR) is 88.7 cm³/mol. The summed E-state index contributed by atoms with van der Waals surface area (Å²) in [6.45, 7) is 3.93. The summed E-state index contributed by atoms with van der Waals surface area (Å²) in [6.07, 6.45) is 0. The second-order valence-electron chi connectivity index (χ2n) is 5.51. The molecule has 0 saturated heterocycles. The summed E-state index contributed by atoms with van der Waals surface area (Å²) in [5.74, 6) is -0.186. The second-order valence-corrected chi connectivity index (χ2v) is 6.43. The van der Waals surface area contributed by atoms with Gasteiger partial charge in [-0.25, -0.2) is 0 Å². The molecule has 1 atom stereocenters. The average molecular weight is 347 g/mol. The van der Waals surface area contributed by atoms with Crippen molar-refractivity contribution in [1.29, 1.82) is 0 Å². The van der Waals surface area contributed by atoms with Crippen molar-refractivity contribution in [3.63, 3.8) is 0 Å². The van der Waals surface area contributed by atoms with Crippen molar-refractivity contribution < 1.29 is 4.79 Å². The van der Waals surface area contributed by atoms with Crippen molar-refractivity contribution in [3.05, 3.63) is 70.2 Å². The fourth-order valence-electron chi connectivity index (χ4n) is 2.14. The van der Waals surface area contributed by atoms with Crippen molar-refractivity contribution in [2.24, 2.45) is 5.73 Å². The highest BCUT2D eigenvalue weighted by Gasteiger charge is 2.26. The smallest absolute Gasteiger partial charge is 0.242 e. The predicted octanol–water partition coefficient (Wildman–Crippen LogP) is 3.50. The normalized spacial score (nSPS) is 12.8. The van der Waals surface area contributed by atoms with E-state index in [1.54, 1.807) is 0 Å². The van der Waals surface area contributed by atoms with E-state index in [0.717, 1.165) is 15.6 Å². The number of rotatable bonds is 4. The molecule has 0 aromatic heterocycles. The molecule has 2 rings (SSSR count). The maximum absolute atomic E-state index is 12.4. The van der Waals surface area contributed by atoms with Crippen LogP contribution in [0.2, 0.25) is 0 Å². The van der Waals surface area contributed by atoms with Crippen LogP contribution in [0.15, 0.2) is 59.1 Å². The molecular formula is C17H19BrN2O. The van der Waals surface area contributed by atoms with Gasteiger partial charge in [-0.3, -0.25) is 4.79 Å². The number of carbonyl (C=O) groups is 1. The fraction of sp³-hybridized carbons (Fsp3) is 0.235. The molecule has 2 aromatic rings. The average Bonchev–Trinajstić information content (AvgIpc) is 2.47. The minimum absolute atomic E-state index is 0.186. The molecule has 4 heteroatoms. The Morgan fingerprint density at radius 1 is 1.10 bits per heavy atom. The first-order valence-corrected chi connectivity index (χ1v) is 7.58. The Labute approximate surface area is 133 Å². The van der Waals surface area contributed by atoms with Gasteiger partial charge in [0.2, 0.25) is 5.91 Å². The van der Waals surface area contributed by atoms with Gasteiger partial charge in [0.1, 0.15) is 6.04 Å². The number of amides is 1. The summed E-state index contributed by atoms with van der Waals surface area (Å²) in [5, 5.41) is 3.01. The lowest BCUT2D eigenvalue weighted by atomic mass is 9.93. The van der Waals surface area contributed by atoms with Gasteiger partial charge in [0.05, 0.1) is 5.54 Å². The van der Waals surface area contributed by atoms with Crippen LogP contribution in [0.25, 0.3) is 0 Å². The van der Waals surface area contributed by atoms with Gasteiger partial charge in [0.15, 0.2) is 0 Å². The van der Waals surface area contributed by atoms with E-state index in [4.69, 9.17) is 5.73 Å². The van der Waals surface area contributed by atoms with Gasteiger partial charge in [-0.05, 0) is 37.1 Å². The van der Waals surface area contributed by atoms with Crippen molar-refractivity contribution in [2.75, 3.05) is 0 Å². The number of hydrogen-bond donors (Lipinski definition) is 2. The summed E-state index contributed by atoms with van der Waals surface area (Å²) in [7, 11) is 0. The number of benzene rings is 2. The Hall–Kier alpha value is -1.65. The monoisotopic (exact) mass is 346 g/mol. The van der Waals surface area contributed by atoms with Crippen LogP contribution in [0.5, 0.6) is 0 Å². The number of nitrogens with one attached hydrogen (secondary N) is 1. The molecule has 0 radical (unpaired) electrons. The Morgan fingerprint density at radius 2 is 1.67 bits per heavy atom. The molecule has 0 unspecified atom stereocenters. The summed E-state index contributed by atoms with van der Waals surface area (Å²) < 4.78 is 1.01. The van der Waals surface area contributed by atoms with Crippen LogP contribution in [0.3, 0.4) is 0 Å². The third kappa shape index (κ3) is 3.93. The highest BCUT2D eigenvalue weighted by molar-refractivity contribution is 9.10. The Balaban J connectivity index is 2.12. The van der Waals surface area contributed by atoms with Crippen molar-refractivity contribution >= 4 is 21.8 Å². The molecule has 1 amide bonds. The van der Waals surface area contributed by atoms with Gasteiger partial charge in [0.25, 0.3) is 0 Å². The molecule has 0 heterocycles. The molecule has 3 N–H and O–H groups in total. The maximum Gasteiger partial charge on any atom is 0.242 e. The van der Waals surface area contributed by atoms with Gasteiger partial charge in [-0.15, -0.1) is 0 Å². The Morgan fingerprint density at radius 3 is 2.24 bits per heavy atom. The molecular weight excluding hydrogens is 328 g/mol. The van der Waals surface area contributed by atoms with E-state index in [0.29, 0.717) is 0 Å². The lowest BCUT2D eigenvalue weighted by molar-refractivity contribution is -0.124. The van der Waals surface area contributed by atoms with Crippen LogP contribution >= 0.6 is 15.9 Å². The van der Waals surface area contributed by atoms with E-state index in [-0.39, 0.29) is 5.91 Å². The molecule has 0 spiro atoms. The largest absolute Gasteiger partial charge is 0.345 e. The van der Waals surface area contributed by atoms with Crippen molar-refractivity contribution in [3.8, 4) is 0 Å². The topological polar surface area (TPSA) is 55.1 Å². The van der Waals surface area contributed by atoms with E-state index in [9.17, 15) is 4.79 Å². The Bertz CT molecular complexity index is 608. The minimum atomic E-state index is -0.666. The van der Waals surface area contributed by atoms with Crippen LogP contribution in [0.4, 0.5) is 0 Å². The molecule has 0 aliphatic heterocycles. The zero-order chi connectivity index (χ0) is 15.5. The SMILES string of the molecule is CC(C)(NC(=O)[C@@H](N)c1ccccc1)c1ccc(Br)cc1.